The number of carbonyl (C=O) groups is 2. The standard InChI is InChI=1S/C19H24N4O2S/c1-15-7-8-17(26-15)19(25)21-20-18(24)9-10-22-11-13-23(14-12-22)16-5-3-2-4-6-16/h2-8H,9-14H2,1H3,(H,20,24)(H,21,25). The lowest BCUT2D eigenvalue weighted by Crippen LogP contribution is -2.48. The summed E-state index contributed by atoms with van der Waals surface area (Å²) in [4.78, 5) is 30.2. The van der Waals surface area contributed by atoms with Gasteiger partial charge in [-0.25, -0.2) is 0 Å². The van der Waals surface area contributed by atoms with Gasteiger partial charge in [0.25, 0.3) is 5.91 Å². The molecule has 0 atom stereocenters. The second-order valence-electron chi connectivity index (χ2n) is 6.33. The third-order valence-electron chi connectivity index (χ3n) is 4.43. The van der Waals surface area contributed by atoms with Crippen molar-refractivity contribution in [3.8, 4) is 0 Å². The van der Waals surface area contributed by atoms with Gasteiger partial charge in [0, 0.05) is 49.7 Å². The van der Waals surface area contributed by atoms with Crippen LogP contribution in [-0.4, -0.2) is 49.4 Å². The first-order chi connectivity index (χ1) is 12.6. The molecule has 7 heteroatoms. The van der Waals surface area contributed by atoms with Crippen molar-refractivity contribution in [3.63, 3.8) is 0 Å². The van der Waals surface area contributed by atoms with E-state index in [9.17, 15) is 9.59 Å². The zero-order valence-corrected chi connectivity index (χ0v) is 15.7. The van der Waals surface area contributed by atoms with Gasteiger partial charge in [-0.15, -0.1) is 11.3 Å². The number of anilines is 1. The van der Waals surface area contributed by atoms with Crippen LogP contribution >= 0.6 is 11.3 Å². The van der Waals surface area contributed by atoms with Crippen LogP contribution in [0.15, 0.2) is 42.5 Å². The fourth-order valence-corrected chi connectivity index (χ4v) is 3.70. The van der Waals surface area contributed by atoms with Gasteiger partial charge in [0.15, 0.2) is 0 Å². The van der Waals surface area contributed by atoms with Gasteiger partial charge in [-0.05, 0) is 31.2 Å². The molecule has 0 aliphatic carbocycles. The Balaban J connectivity index is 1.34. The summed E-state index contributed by atoms with van der Waals surface area (Å²) in [7, 11) is 0. The van der Waals surface area contributed by atoms with E-state index >= 15 is 0 Å². The van der Waals surface area contributed by atoms with Crippen molar-refractivity contribution in [1.29, 1.82) is 0 Å². The number of nitrogens with zero attached hydrogens (tertiary/aromatic N) is 2. The summed E-state index contributed by atoms with van der Waals surface area (Å²) < 4.78 is 0. The van der Waals surface area contributed by atoms with Crippen LogP contribution in [0.1, 0.15) is 21.0 Å². The molecule has 2 aromatic rings. The molecular formula is C19H24N4O2S. The summed E-state index contributed by atoms with van der Waals surface area (Å²) in [6.07, 6.45) is 0.370. The van der Waals surface area contributed by atoms with Crippen molar-refractivity contribution in [2.75, 3.05) is 37.6 Å². The average Bonchev–Trinajstić information content (AvgIpc) is 3.12. The first-order valence-electron chi connectivity index (χ1n) is 8.80. The Kier molecular flexibility index (Phi) is 6.25. The second kappa shape index (κ2) is 8.82. The predicted octanol–water partition coefficient (Wildman–Crippen LogP) is 2.03. The fourth-order valence-electron chi connectivity index (χ4n) is 2.94. The quantitative estimate of drug-likeness (QED) is 0.789. The first-order valence-corrected chi connectivity index (χ1v) is 9.61. The molecule has 0 spiro atoms. The lowest BCUT2D eigenvalue weighted by atomic mass is 10.2. The normalized spacial score (nSPS) is 14.9. The number of piperazine rings is 1. The summed E-state index contributed by atoms with van der Waals surface area (Å²) in [5.41, 5.74) is 6.22. The van der Waals surface area contributed by atoms with E-state index in [-0.39, 0.29) is 11.8 Å². The van der Waals surface area contributed by atoms with Crippen LogP contribution in [-0.2, 0) is 4.79 Å². The molecule has 2 amide bonds. The maximum absolute atomic E-state index is 12.0. The Bertz CT molecular complexity index is 739. The van der Waals surface area contributed by atoms with Crippen LogP contribution in [0.3, 0.4) is 0 Å². The Morgan fingerprint density at radius 3 is 2.38 bits per heavy atom. The van der Waals surface area contributed by atoms with E-state index in [1.54, 1.807) is 6.07 Å². The molecular weight excluding hydrogens is 348 g/mol. The van der Waals surface area contributed by atoms with Crippen LogP contribution < -0.4 is 15.8 Å². The minimum Gasteiger partial charge on any atom is -0.369 e. The smallest absolute Gasteiger partial charge is 0.279 e. The number of nitrogens with one attached hydrogen (secondary N) is 2. The fraction of sp³-hybridized carbons (Fsp3) is 0.368. The molecule has 0 radical (unpaired) electrons. The number of aryl methyl sites for hydroxylation is 1. The summed E-state index contributed by atoms with van der Waals surface area (Å²) in [5.74, 6) is -0.440. The number of para-hydroxylation sites is 1. The molecule has 3 rings (SSSR count). The van der Waals surface area contributed by atoms with E-state index in [0.717, 1.165) is 31.1 Å². The van der Waals surface area contributed by atoms with Crippen molar-refractivity contribution in [3.05, 3.63) is 52.2 Å². The number of amides is 2. The number of thiophene rings is 1. The molecule has 1 aliphatic rings. The Morgan fingerprint density at radius 1 is 1.00 bits per heavy atom. The van der Waals surface area contributed by atoms with Gasteiger partial charge in [0.05, 0.1) is 4.88 Å². The Morgan fingerprint density at radius 2 is 1.73 bits per heavy atom. The van der Waals surface area contributed by atoms with Crippen LogP contribution in [0.4, 0.5) is 5.69 Å². The monoisotopic (exact) mass is 372 g/mol. The lowest BCUT2D eigenvalue weighted by molar-refractivity contribution is -0.122. The molecule has 1 fully saturated rings. The van der Waals surface area contributed by atoms with Gasteiger partial charge in [0.1, 0.15) is 0 Å². The highest BCUT2D eigenvalue weighted by atomic mass is 32.1. The second-order valence-corrected chi connectivity index (χ2v) is 7.61. The molecule has 0 unspecified atom stereocenters. The topological polar surface area (TPSA) is 64.7 Å². The SMILES string of the molecule is Cc1ccc(C(=O)NNC(=O)CCN2CCN(c3ccccc3)CC2)s1. The van der Waals surface area contributed by atoms with Crippen LogP contribution in [0.25, 0.3) is 0 Å². The molecule has 2 N–H and O–H groups in total. The highest BCUT2D eigenvalue weighted by molar-refractivity contribution is 7.13. The van der Waals surface area contributed by atoms with Crippen molar-refractivity contribution >= 4 is 28.8 Å². The summed E-state index contributed by atoms with van der Waals surface area (Å²) >= 11 is 1.41. The third kappa shape index (κ3) is 5.06. The van der Waals surface area contributed by atoms with Crippen molar-refractivity contribution < 1.29 is 9.59 Å². The van der Waals surface area contributed by atoms with Gasteiger partial charge in [-0.3, -0.25) is 25.3 Å². The molecule has 0 bridgehead atoms. The predicted molar refractivity (Wildman–Crippen MR) is 104 cm³/mol. The zero-order valence-electron chi connectivity index (χ0n) is 14.9. The molecule has 1 aromatic heterocycles. The first kappa shape index (κ1) is 18.4. The summed E-state index contributed by atoms with van der Waals surface area (Å²) in [6, 6.07) is 14.0. The van der Waals surface area contributed by atoms with Crippen LogP contribution in [0.5, 0.6) is 0 Å². The molecule has 0 saturated carbocycles. The maximum atomic E-state index is 12.0. The summed E-state index contributed by atoms with van der Waals surface area (Å²) in [5, 5.41) is 0. The van der Waals surface area contributed by atoms with Crippen LogP contribution in [0, 0.1) is 6.92 Å². The molecule has 2 heterocycles. The van der Waals surface area contributed by atoms with Crippen LogP contribution in [0.2, 0.25) is 0 Å². The van der Waals surface area contributed by atoms with Gasteiger partial charge in [-0.1, -0.05) is 18.2 Å². The lowest BCUT2D eigenvalue weighted by Gasteiger charge is -2.36. The molecule has 1 aromatic carbocycles. The van der Waals surface area contributed by atoms with Crippen molar-refractivity contribution in [1.82, 2.24) is 15.8 Å². The molecule has 1 saturated heterocycles. The number of benzene rings is 1. The van der Waals surface area contributed by atoms with Crippen molar-refractivity contribution in [2.24, 2.45) is 0 Å². The largest absolute Gasteiger partial charge is 0.369 e. The number of hydrazine groups is 1. The van der Waals surface area contributed by atoms with E-state index in [0.29, 0.717) is 17.8 Å². The highest BCUT2D eigenvalue weighted by Gasteiger charge is 2.18. The Hall–Kier alpha value is -2.38. The third-order valence-corrected chi connectivity index (χ3v) is 5.43. The number of hydrogen-bond donors (Lipinski definition) is 2. The zero-order chi connectivity index (χ0) is 18.4. The Labute approximate surface area is 157 Å². The van der Waals surface area contributed by atoms with Gasteiger partial charge in [0.2, 0.25) is 5.91 Å². The van der Waals surface area contributed by atoms with Gasteiger partial charge < -0.3 is 4.90 Å². The maximum Gasteiger partial charge on any atom is 0.279 e. The van der Waals surface area contributed by atoms with E-state index in [2.05, 4.69) is 44.9 Å². The molecule has 6 nitrogen and oxygen atoms in total. The van der Waals surface area contributed by atoms with Gasteiger partial charge in [-0.2, -0.15) is 0 Å². The molecule has 138 valence electrons. The molecule has 26 heavy (non-hydrogen) atoms. The average molecular weight is 372 g/mol. The van der Waals surface area contributed by atoms with E-state index in [1.165, 1.54) is 17.0 Å². The van der Waals surface area contributed by atoms with E-state index < -0.39 is 0 Å². The minimum atomic E-state index is -0.270. The number of rotatable bonds is 5. The van der Waals surface area contributed by atoms with E-state index in [4.69, 9.17) is 0 Å². The van der Waals surface area contributed by atoms with Gasteiger partial charge >= 0.3 is 0 Å². The minimum absolute atomic E-state index is 0.169. The van der Waals surface area contributed by atoms with E-state index in [1.807, 2.05) is 19.1 Å². The van der Waals surface area contributed by atoms with Crippen molar-refractivity contribution in [2.45, 2.75) is 13.3 Å². The number of hydrogen-bond acceptors (Lipinski definition) is 5. The number of carbonyl (C=O) groups excluding carboxylic acids is 2. The highest BCUT2D eigenvalue weighted by Crippen LogP contribution is 2.16. The molecule has 1 aliphatic heterocycles. The summed E-state index contributed by atoms with van der Waals surface area (Å²) in [6.45, 7) is 6.42.